The van der Waals surface area contributed by atoms with Gasteiger partial charge in [-0.2, -0.15) is 0 Å². The first-order valence-corrected chi connectivity index (χ1v) is 7.39. The van der Waals surface area contributed by atoms with Gasteiger partial charge in [0.1, 0.15) is 0 Å². The molecule has 1 aromatic carbocycles. The first kappa shape index (κ1) is 15.1. The Hall–Kier alpha value is -0.320. The van der Waals surface area contributed by atoms with Crippen LogP contribution in [-0.4, -0.2) is 43.3 Å². The van der Waals surface area contributed by atoms with Crippen LogP contribution in [0, 0.1) is 0 Å². The molecule has 0 radical (unpaired) electrons. The molecule has 0 spiro atoms. The van der Waals surface area contributed by atoms with Gasteiger partial charge in [-0.05, 0) is 30.7 Å². The van der Waals surface area contributed by atoms with Gasteiger partial charge in [0.05, 0.1) is 12.7 Å². The molecule has 0 bridgehead atoms. The molecule has 1 fully saturated rings. The van der Waals surface area contributed by atoms with Gasteiger partial charge in [0, 0.05) is 29.2 Å². The summed E-state index contributed by atoms with van der Waals surface area (Å²) in [4.78, 5) is 2.36. The zero-order valence-electron chi connectivity index (χ0n) is 11.1. The molecular formula is C14H20Cl2N2O. The van der Waals surface area contributed by atoms with E-state index in [9.17, 15) is 0 Å². The van der Waals surface area contributed by atoms with E-state index in [1.807, 2.05) is 12.1 Å². The first-order chi connectivity index (χ1) is 9.10. The SMILES string of the molecule is CCN1CCOC(C(N)Cc2ccc(Cl)cc2Cl)C1. The van der Waals surface area contributed by atoms with Crippen LogP contribution >= 0.6 is 23.2 Å². The van der Waals surface area contributed by atoms with Crippen molar-refractivity contribution >= 4 is 23.2 Å². The Morgan fingerprint density at radius 1 is 1.47 bits per heavy atom. The molecule has 0 aliphatic carbocycles. The molecular weight excluding hydrogens is 283 g/mol. The van der Waals surface area contributed by atoms with Crippen molar-refractivity contribution in [1.82, 2.24) is 4.90 Å². The van der Waals surface area contributed by atoms with E-state index in [2.05, 4.69) is 11.8 Å². The number of hydrogen-bond donors (Lipinski definition) is 1. The average molecular weight is 303 g/mol. The average Bonchev–Trinajstić information content (AvgIpc) is 2.42. The number of morpholine rings is 1. The summed E-state index contributed by atoms with van der Waals surface area (Å²) >= 11 is 12.1. The van der Waals surface area contributed by atoms with Crippen molar-refractivity contribution in [2.45, 2.75) is 25.5 Å². The second kappa shape index (κ2) is 6.91. The Morgan fingerprint density at radius 3 is 2.95 bits per heavy atom. The van der Waals surface area contributed by atoms with Gasteiger partial charge in [-0.1, -0.05) is 36.2 Å². The molecule has 1 aliphatic heterocycles. The van der Waals surface area contributed by atoms with Crippen LogP contribution in [0.15, 0.2) is 18.2 Å². The predicted octanol–water partition coefficient (Wildman–Crippen LogP) is 2.58. The third-order valence-electron chi connectivity index (χ3n) is 3.57. The van der Waals surface area contributed by atoms with Gasteiger partial charge in [-0.25, -0.2) is 0 Å². The number of halogens is 2. The second-order valence-electron chi connectivity index (χ2n) is 4.91. The normalized spacial score (nSPS) is 22.4. The molecule has 0 saturated carbocycles. The number of benzene rings is 1. The summed E-state index contributed by atoms with van der Waals surface area (Å²) in [5.41, 5.74) is 7.28. The summed E-state index contributed by atoms with van der Waals surface area (Å²) in [5.74, 6) is 0. The molecule has 3 nitrogen and oxygen atoms in total. The second-order valence-corrected chi connectivity index (χ2v) is 5.75. The fraction of sp³-hybridized carbons (Fsp3) is 0.571. The number of nitrogens with two attached hydrogens (primary N) is 1. The molecule has 1 aromatic rings. The Kier molecular flexibility index (Phi) is 5.48. The summed E-state index contributed by atoms with van der Waals surface area (Å²) in [6, 6.07) is 5.49. The standard InChI is InChI=1S/C14H20Cl2N2O/c1-2-18-5-6-19-14(9-18)13(17)7-10-3-4-11(15)8-12(10)16/h3-4,8,13-14H,2,5-7,9,17H2,1H3. The van der Waals surface area contributed by atoms with E-state index in [0.717, 1.165) is 31.8 Å². The molecule has 5 heteroatoms. The number of nitrogens with zero attached hydrogens (tertiary/aromatic N) is 1. The number of likely N-dealkylation sites (N-methyl/N-ethyl adjacent to an activating group) is 1. The summed E-state index contributed by atoms with van der Waals surface area (Å²) < 4.78 is 5.77. The lowest BCUT2D eigenvalue weighted by Crippen LogP contribution is -2.51. The summed E-state index contributed by atoms with van der Waals surface area (Å²) in [5, 5.41) is 1.32. The molecule has 2 N–H and O–H groups in total. The summed E-state index contributed by atoms with van der Waals surface area (Å²) in [7, 11) is 0. The highest BCUT2D eigenvalue weighted by Gasteiger charge is 2.25. The lowest BCUT2D eigenvalue weighted by Gasteiger charge is -2.35. The molecule has 2 rings (SSSR count). The van der Waals surface area contributed by atoms with Crippen LogP contribution in [0.4, 0.5) is 0 Å². The molecule has 1 aliphatic rings. The van der Waals surface area contributed by atoms with Gasteiger partial charge in [0.2, 0.25) is 0 Å². The molecule has 0 amide bonds. The number of hydrogen-bond acceptors (Lipinski definition) is 3. The Morgan fingerprint density at radius 2 is 2.26 bits per heavy atom. The van der Waals surface area contributed by atoms with E-state index in [-0.39, 0.29) is 12.1 Å². The van der Waals surface area contributed by atoms with Gasteiger partial charge in [-0.3, -0.25) is 4.90 Å². The van der Waals surface area contributed by atoms with E-state index in [1.165, 1.54) is 0 Å². The van der Waals surface area contributed by atoms with E-state index in [1.54, 1.807) is 6.07 Å². The van der Waals surface area contributed by atoms with Crippen molar-refractivity contribution in [1.29, 1.82) is 0 Å². The third kappa shape index (κ3) is 4.07. The highest BCUT2D eigenvalue weighted by Crippen LogP contribution is 2.23. The van der Waals surface area contributed by atoms with Crippen molar-refractivity contribution in [2.75, 3.05) is 26.2 Å². The Balaban J connectivity index is 1.98. The number of rotatable bonds is 4. The van der Waals surface area contributed by atoms with Gasteiger partial charge in [0.25, 0.3) is 0 Å². The maximum absolute atomic E-state index is 6.26. The molecule has 2 unspecified atom stereocenters. The molecule has 0 aromatic heterocycles. The van der Waals surface area contributed by atoms with Gasteiger partial charge >= 0.3 is 0 Å². The predicted molar refractivity (Wildman–Crippen MR) is 80.0 cm³/mol. The minimum Gasteiger partial charge on any atom is -0.374 e. The number of ether oxygens (including phenoxy) is 1. The lowest BCUT2D eigenvalue weighted by molar-refractivity contribution is -0.0385. The van der Waals surface area contributed by atoms with Crippen LogP contribution in [0.25, 0.3) is 0 Å². The van der Waals surface area contributed by atoms with Crippen LogP contribution in [0.1, 0.15) is 12.5 Å². The Labute approximate surface area is 124 Å². The quantitative estimate of drug-likeness (QED) is 0.929. The van der Waals surface area contributed by atoms with Crippen molar-refractivity contribution < 1.29 is 4.74 Å². The molecule has 106 valence electrons. The lowest BCUT2D eigenvalue weighted by atomic mass is 10.0. The minimum absolute atomic E-state index is 0.0481. The summed E-state index contributed by atoms with van der Waals surface area (Å²) in [6.07, 6.45) is 0.776. The van der Waals surface area contributed by atoms with Crippen molar-refractivity contribution in [2.24, 2.45) is 5.73 Å². The van der Waals surface area contributed by atoms with Crippen LogP contribution in [0.2, 0.25) is 10.0 Å². The molecule has 19 heavy (non-hydrogen) atoms. The van der Waals surface area contributed by atoms with Gasteiger partial charge < -0.3 is 10.5 Å². The van der Waals surface area contributed by atoms with Gasteiger partial charge in [-0.15, -0.1) is 0 Å². The zero-order valence-corrected chi connectivity index (χ0v) is 12.6. The van der Waals surface area contributed by atoms with Crippen LogP contribution in [-0.2, 0) is 11.2 Å². The topological polar surface area (TPSA) is 38.5 Å². The summed E-state index contributed by atoms with van der Waals surface area (Å²) in [6.45, 7) is 5.82. The smallest absolute Gasteiger partial charge is 0.0856 e. The van der Waals surface area contributed by atoms with Crippen molar-refractivity contribution in [3.05, 3.63) is 33.8 Å². The fourth-order valence-electron chi connectivity index (χ4n) is 2.35. The van der Waals surface area contributed by atoms with Crippen molar-refractivity contribution in [3.63, 3.8) is 0 Å². The molecule has 1 saturated heterocycles. The first-order valence-electron chi connectivity index (χ1n) is 6.63. The van der Waals surface area contributed by atoms with Crippen molar-refractivity contribution in [3.8, 4) is 0 Å². The van der Waals surface area contributed by atoms with Crippen LogP contribution < -0.4 is 5.73 Å². The minimum atomic E-state index is -0.0481. The fourth-order valence-corrected chi connectivity index (χ4v) is 2.84. The zero-order chi connectivity index (χ0) is 13.8. The molecule has 2 atom stereocenters. The van der Waals surface area contributed by atoms with Gasteiger partial charge in [0.15, 0.2) is 0 Å². The molecule has 1 heterocycles. The third-order valence-corrected chi connectivity index (χ3v) is 4.16. The highest BCUT2D eigenvalue weighted by atomic mass is 35.5. The maximum Gasteiger partial charge on any atom is 0.0856 e. The van der Waals surface area contributed by atoms with E-state index < -0.39 is 0 Å². The highest BCUT2D eigenvalue weighted by molar-refractivity contribution is 6.35. The largest absolute Gasteiger partial charge is 0.374 e. The maximum atomic E-state index is 6.26. The van der Waals surface area contributed by atoms with E-state index in [0.29, 0.717) is 16.5 Å². The van der Waals surface area contributed by atoms with E-state index >= 15 is 0 Å². The van der Waals surface area contributed by atoms with E-state index in [4.69, 9.17) is 33.7 Å². The van der Waals surface area contributed by atoms with Crippen LogP contribution in [0.5, 0.6) is 0 Å². The Bertz CT molecular complexity index is 428. The van der Waals surface area contributed by atoms with Crippen LogP contribution in [0.3, 0.4) is 0 Å². The monoisotopic (exact) mass is 302 g/mol.